The maximum absolute atomic E-state index is 12.4. The molecule has 1 aromatic heterocycles. The molecule has 0 atom stereocenters. The van der Waals surface area contributed by atoms with Gasteiger partial charge in [0.15, 0.2) is 0 Å². The first kappa shape index (κ1) is 17.2. The first-order valence-electron chi connectivity index (χ1n) is 9.10. The highest BCUT2D eigenvalue weighted by Gasteiger charge is 2.19. The Morgan fingerprint density at radius 3 is 2.54 bits per heavy atom. The summed E-state index contributed by atoms with van der Waals surface area (Å²) in [5.41, 5.74) is 3.08. The summed E-state index contributed by atoms with van der Waals surface area (Å²) < 4.78 is 1.24. The van der Waals surface area contributed by atoms with Crippen LogP contribution in [0, 0.1) is 0 Å². The zero-order valence-corrected chi connectivity index (χ0v) is 15.8. The number of amides is 1. The van der Waals surface area contributed by atoms with E-state index in [9.17, 15) is 4.79 Å². The first-order chi connectivity index (χ1) is 12.7. The van der Waals surface area contributed by atoms with Gasteiger partial charge in [-0.3, -0.25) is 9.69 Å². The fraction of sp³-hybridized carbons (Fsp3) is 0.333. The zero-order chi connectivity index (χ0) is 17.9. The van der Waals surface area contributed by atoms with Crippen molar-refractivity contribution in [1.29, 1.82) is 0 Å². The number of hydrogen-bond donors (Lipinski definition) is 0. The van der Waals surface area contributed by atoms with E-state index in [1.807, 2.05) is 23.1 Å². The number of hydrogen-bond acceptors (Lipinski definition) is 4. The molecule has 4 nitrogen and oxygen atoms in total. The number of carbonyl (C=O) groups is 1. The number of rotatable bonds is 5. The average Bonchev–Trinajstić information content (AvgIpc) is 3.31. The second kappa shape index (κ2) is 7.56. The Morgan fingerprint density at radius 1 is 1.08 bits per heavy atom. The summed E-state index contributed by atoms with van der Waals surface area (Å²) in [7, 11) is 2.11. The largest absolute Gasteiger partial charge is 0.339 e. The third kappa shape index (κ3) is 3.79. The maximum atomic E-state index is 12.4. The van der Waals surface area contributed by atoms with Crippen LogP contribution in [0.5, 0.6) is 0 Å². The van der Waals surface area contributed by atoms with Crippen LogP contribution in [0.4, 0.5) is 0 Å². The number of likely N-dealkylation sites (tertiary alicyclic amines) is 1. The summed E-state index contributed by atoms with van der Waals surface area (Å²) in [6.07, 6.45) is 2.25. The highest BCUT2D eigenvalue weighted by molar-refractivity contribution is 7.18. The Kier molecular flexibility index (Phi) is 5.00. The molecule has 0 unspecified atom stereocenters. The molecule has 2 aromatic carbocycles. The van der Waals surface area contributed by atoms with Gasteiger partial charge in [0.25, 0.3) is 5.91 Å². The van der Waals surface area contributed by atoms with Crippen LogP contribution in [-0.2, 0) is 13.1 Å². The van der Waals surface area contributed by atoms with Crippen molar-refractivity contribution in [3.05, 3.63) is 64.7 Å². The minimum absolute atomic E-state index is 0.164. The van der Waals surface area contributed by atoms with Crippen LogP contribution in [-0.4, -0.2) is 40.8 Å². The predicted octanol–water partition coefficient (Wildman–Crippen LogP) is 4.16. The van der Waals surface area contributed by atoms with Crippen molar-refractivity contribution in [3.63, 3.8) is 0 Å². The van der Waals surface area contributed by atoms with Crippen LogP contribution in [0.3, 0.4) is 0 Å². The summed E-state index contributed by atoms with van der Waals surface area (Å²) in [5.74, 6) is 0.164. The van der Waals surface area contributed by atoms with E-state index in [0.717, 1.165) is 55.1 Å². The van der Waals surface area contributed by atoms with E-state index in [1.54, 1.807) is 11.3 Å². The number of para-hydroxylation sites is 1. The number of thiazole rings is 1. The van der Waals surface area contributed by atoms with Crippen molar-refractivity contribution < 1.29 is 4.79 Å². The van der Waals surface area contributed by atoms with E-state index in [1.165, 1.54) is 10.3 Å². The second-order valence-corrected chi connectivity index (χ2v) is 8.06. The maximum Gasteiger partial charge on any atom is 0.253 e. The van der Waals surface area contributed by atoms with Gasteiger partial charge in [-0.15, -0.1) is 11.3 Å². The minimum atomic E-state index is 0.164. The van der Waals surface area contributed by atoms with Gasteiger partial charge in [0, 0.05) is 25.2 Å². The van der Waals surface area contributed by atoms with Gasteiger partial charge < -0.3 is 4.90 Å². The van der Waals surface area contributed by atoms with Gasteiger partial charge in [0.1, 0.15) is 5.01 Å². The summed E-state index contributed by atoms with van der Waals surface area (Å²) >= 11 is 1.75. The van der Waals surface area contributed by atoms with Gasteiger partial charge in [-0.05, 0) is 49.7 Å². The van der Waals surface area contributed by atoms with Gasteiger partial charge in [-0.2, -0.15) is 0 Å². The molecule has 5 heteroatoms. The summed E-state index contributed by atoms with van der Waals surface area (Å²) in [4.78, 5) is 21.3. The van der Waals surface area contributed by atoms with E-state index in [4.69, 9.17) is 4.98 Å². The van der Waals surface area contributed by atoms with E-state index >= 15 is 0 Å². The van der Waals surface area contributed by atoms with Gasteiger partial charge in [-0.1, -0.05) is 24.3 Å². The predicted molar refractivity (Wildman–Crippen MR) is 106 cm³/mol. The lowest BCUT2D eigenvalue weighted by Gasteiger charge is -2.17. The van der Waals surface area contributed by atoms with Gasteiger partial charge >= 0.3 is 0 Å². The van der Waals surface area contributed by atoms with Crippen LogP contribution in [0.15, 0.2) is 48.5 Å². The lowest BCUT2D eigenvalue weighted by Crippen LogP contribution is -2.27. The van der Waals surface area contributed by atoms with Crippen molar-refractivity contribution in [2.24, 2.45) is 0 Å². The molecule has 134 valence electrons. The van der Waals surface area contributed by atoms with Crippen LogP contribution >= 0.6 is 11.3 Å². The number of aromatic nitrogens is 1. The van der Waals surface area contributed by atoms with Crippen molar-refractivity contribution in [3.8, 4) is 0 Å². The van der Waals surface area contributed by atoms with Crippen LogP contribution in [0.25, 0.3) is 10.2 Å². The average molecular weight is 366 g/mol. The fourth-order valence-electron chi connectivity index (χ4n) is 3.44. The standard InChI is InChI=1S/C21H23N3OS/c1-23(15-20-22-18-6-2-3-7-19(18)26-20)14-16-8-10-17(11-9-16)21(25)24-12-4-5-13-24/h2-3,6-11H,4-5,12-15H2,1H3. The molecule has 0 radical (unpaired) electrons. The molecule has 2 heterocycles. The number of fused-ring (bicyclic) bond motifs is 1. The minimum Gasteiger partial charge on any atom is -0.339 e. The molecule has 4 rings (SSSR count). The molecular formula is C21H23N3OS. The molecule has 0 aliphatic carbocycles. The molecule has 1 fully saturated rings. The smallest absolute Gasteiger partial charge is 0.253 e. The molecule has 0 spiro atoms. The third-order valence-corrected chi connectivity index (χ3v) is 5.81. The summed E-state index contributed by atoms with van der Waals surface area (Å²) in [6.45, 7) is 3.46. The molecule has 1 aliphatic rings. The van der Waals surface area contributed by atoms with Crippen molar-refractivity contribution >= 4 is 27.5 Å². The first-order valence-corrected chi connectivity index (χ1v) is 9.92. The quantitative estimate of drug-likeness (QED) is 0.681. The molecule has 1 saturated heterocycles. The topological polar surface area (TPSA) is 36.4 Å². The lowest BCUT2D eigenvalue weighted by atomic mass is 10.1. The fourth-order valence-corrected chi connectivity index (χ4v) is 4.49. The lowest BCUT2D eigenvalue weighted by molar-refractivity contribution is 0.0793. The molecule has 0 bridgehead atoms. The van der Waals surface area contributed by atoms with Gasteiger partial charge in [0.05, 0.1) is 16.8 Å². The Bertz CT molecular complexity index is 864. The molecule has 0 saturated carbocycles. The van der Waals surface area contributed by atoms with E-state index in [0.29, 0.717) is 0 Å². The molecule has 1 aliphatic heterocycles. The van der Waals surface area contributed by atoms with Crippen molar-refractivity contribution in [2.45, 2.75) is 25.9 Å². The Labute approximate surface area is 158 Å². The number of carbonyl (C=O) groups excluding carboxylic acids is 1. The second-order valence-electron chi connectivity index (χ2n) is 6.94. The summed E-state index contributed by atoms with van der Waals surface area (Å²) in [6, 6.07) is 16.3. The van der Waals surface area contributed by atoms with Crippen molar-refractivity contribution in [2.75, 3.05) is 20.1 Å². The van der Waals surface area contributed by atoms with Crippen molar-refractivity contribution in [1.82, 2.24) is 14.8 Å². The molecular weight excluding hydrogens is 342 g/mol. The van der Waals surface area contributed by atoms with E-state index in [2.05, 4.69) is 42.3 Å². The Balaban J connectivity index is 1.37. The van der Waals surface area contributed by atoms with Crippen LogP contribution < -0.4 is 0 Å². The normalized spacial score (nSPS) is 14.5. The molecule has 0 N–H and O–H groups in total. The highest BCUT2D eigenvalue weighted by atomic mass is 32.1. The van der Waals surface area contributed by atoms with Gasteiger partial charge in [0.2, 0.25) is 0 Å². The zero-order valence-electron chi connectivity index (χ0n) is 15.0. The third-order valence-electron chi connectivity index (χ3n) is 4.79. The summed E-state index contributed by atoms with van der Waals surface area (Å²) in [5, 5.41) is 1.13. The molecule has 1 amide bonds. The molecule has 3 aromatic rings. The molecule has 26 heavy (non-hydrogen) atoms. The number of nitrogens with zero attached hydrogens (tertiary/aromatic N) is 3. The number of benzene rings is 2. The van der Waals surface area contributed by atoms with Gasteiger partial charge in [-0.25, -0.2) is 4.98 Å². The Hall–Kier alpha value is -2.24. The Morgan fingerprint density at radius 2 is 1.81 bits per heavy atom. The van der Waals surface area contributed by atoms with Crippen LogP contribution in [0.1, 0.15) is 33.8 Å². The van der Waals surface area contributed by atoms with E-state index in [-0.39, 0.29) is 5.91 Å². The highest BCUT2D eigenvalue weighted by Crippen LogP contribution is 2.23. The SMILES string of the molecule is CN(Cc1ccc(C(=O)N2CCCC2)cc1)Cc1nc2ccccc2s1. The monoisotopic (exact) mass is 365 g/mol. The van der Waals surface area contributed by atoms with Crippen LogP contribution in [0.2, 0.25) is 0 Å². The van der Waals surface area contributed by atoms with E-state index < -0.39 is 0 Å².